The average molecular weight is 523 g/mol. The van der Waals surface area contributed by atoms with E-state index in [2.05, 4.69) is 39.3 Å². The summed E-state index contributed by atoms with van der Waals surface area (Å²) < 4.78 is 1.95. The summed E-state index contributed by atoms with van der Waals surface area (Å²) in [4.78, 5) is 27.3. The van der Waals surface area contributed by atoms with E-state index in [9.17, 15) is 4.79 Å². The molecule has 1 aliphatic heterocycles. The van der Waals surface area contributed by atoms with E-state index in [0.717, 1.165) is 31.9 Å². The van der Waals surface area contributed by atoms with Crippen molar-refractivity contribution >= 4 is 51.6 Å². The lowest BCUT2D eigenvalue weighted by Crippen LogP contribution is -2.44. The van der Waals surface area contributed by atoms with Crippen LogP contribution in [0.5, 0.6) is 0 Å². The second kappa shape index (κ2) is 10.1. The molecule has 0 atom stereocenters. The molecule has 4 aromatic rings. The first kappa shape index (κ1) is 24.6. The Bertz CT molecular complexity index is 1440. The number of nitrogens with zero attached hydrogens (tertiary/aromatic N) is 5. The Balaban J connectivity index is 1.48. The van der Waals surface area contributed by atoms with E-state index in [4.69, 9.17) is 28.2 Å². The zero-order valence-electron chi connectivity index (χ0n) is 20.5. The number of piperazine rings is 1. The number of rotatable bonds is 5. The molecular formula is C27H28Cl2N6O. The van der Waals surface area contributed by atoms with Gasteiger partial charge in [0.15, 0.2) is 0 Å². The van der Waals surface area contributed by atoms with Crippen molar-refractivity contribution in [3.8, 4) is 11.1 Å². The molecule has 1 saturated heterocycles. The topological polar surface area (TPSA) is 66.3 Å². The van der Waals surface area contributed by atoms with Crippen molar-refractivity contribution < 1.29 is 0 Å². The molecule has 0 unspecified atom stereocenters. The first-order valence-corrected chi connectivity index (χ1v) is 12.7. The van der Waals surface area contributed by atoms with Crippen LogP contribution in [0.3, 0.4) is 0 Å². The molecule has 3 heterocycles. The van der Waals surface area contributed by atoms with Crippen molar-refractivity contribution in [2.24, 2.45) is 0 Å². The van der Waals surface area contributed by atoms with Gasteiger partial charge in [0.25, 0.3) is 0 Å². The van der Waals surface area contributed by atoms with Gasteiger partial charge in [0.2, 0.25) is 11.4 Å². The maximum Gasteiger partial charge on any atom is 0.229 e. The van der Waals surface area contributed by atoms with Crippen LogP contribution in [0.15, 0.2) is 59.7 Å². The van der Waals surface area contributed by atoms with E-state index in [1.807, 2.05) is 30.5 Å². The summed E-state index contributed by atoms with van der Waals surface area (Å²) in [5.74, 6) is 0.423. The van der Waals surface area contributed by atoms with Gasteiger partial charge in [-0.25, -0.2) is 4.98 Å². The molecule has 5 rings (SSSR count). The fraction of sp³-hybridized carbons (Fsp3) is 0.296. The molecule has 0 saturated carbocycles. The van der Waals surface area contributed by atoms with Crippen molar-refractivity contribution in [3.05, 3.63) is 75.1 Å². The average Bonchev–Trinajstić information content (AvgIpc) is 2.86. The number of anilines is 3. The van der Waals surface area contributed by atoms with Gasteiger partial charge in [-0.05, 0) is 57.3 Å². The lowest BCUT2D eigenvalue weighted by molar-refractivity contribution is 0.313. The van der Waals surface area contributed by atoms with E-state index >= 15 is 0 Å². The number of pyridine rings is 1. The highest BCUT2D eigenvalue weighted by Crippen LogP contribution is 2.34. The molecule has 1 aliphatic rings. The van der Waals surface area contributed by atoms with Crippen LogP contribution >= 0.6 is 23.2 Å². The van der Waals surface area contributed by atoms with Crippen LogP contribution < -0.4 is 15.6 Å². The van der Waals surface area contributed by atoms with Gasteiger partial charge >= 0.3 is 0 Å². The minimum atomic E-state index is -0.208. The molecule has 2 aromatic heterocycles. The smallest absolute Gasteiger partial charge is 0.229 e. The number of aromatic nitrogens is 3. The van der Waals surface area contributed by atoms with E-state index in [1.165, 1.54) is 5.69 Å². The Hall–Kier alpha value is -3.13. The lowest BCUT2D eigenvalue weighted by atomic mass is 10.1. The Morgan fingerprint density at radius 2 is 1.64 bits per heavy atom. The largest absolute Gasteiger partial charge is 0.369 e. The molecule has 0 amide bonds. The van der Waals surface area contributed by atoms with E-state index in [-0.39, 0.29) is 11.5 Å². The van der Waals surface area contributed by atoms with Crippen LogP contribution in [0.4, 0.5) is 17.3 Å². The molecule has 7 nitrogen and oxygen atoms in total. The Kier molecular flexibility index (Phi) is 6.88. The third-order valence-electron chi connectivity index (χ3n) is 6.55. The van der Waals surface area contributed by atoms with Crippen LogP contribution in [0.25, 0.3) is 22.2 Å². The molecule has 1 fully saturated rings. The minimum absolute atomic E-state index is 0.0405. The summed E-state index contributed by atoms with van der Waals surface area (Å²) in [7, 11) is 2.15. The molecule has 9 heteroatoms. The predicted octanol–water partition coefficient (Wildman–Crippen LogP) is 5.84. The van der Waals surface area contributed by atoms with Crippen molar-refractivity contribution in [1.29, 1.82) is 0 Å². The maximum absolute atomic E-state index is 13.4. The highest BCUT2D eigenvalue weighted by atomic mass is 35.5. The SMILES string of the molecule is CC(C)n1cc(-c2c(Cl)cccc2Cl)c(=O)c2cnc(Nc3ccc(N4CCN(C)CC4)cc3)nc21. The highest BCUT2D eigenvalue weighted by molar-refractivity contribution is 6.39. The monoisotopic (exact) mass is 522 g/mol. The molecule has 0 spiro atoms. The molecule has 0 radical (unpaired) electrons. The number of benzene rings is 2. The number of hydrogen-bond acceptors (Lipinski definition) is 6. The van der Waals surface area contributed by atoms with Crippen LogP contribution in [-0.4, -0.2) is 52.7 Å². The molecule has 186 valence electrons. The second-order valence-corrected chi connectivity index (χ2v) is 10.2. The fourth-order valence-corrected chi connectivity index (χ4v) is 5.07. The number of fused-ring (bicyclic) bond motifs is 1. The van der Waals surface area contributed by atoms with Crippen LogP contribution in [0.2, 0.25) is 10.0 Å². The normalized spacial score (nSPS) is 14.6. The van der Waals surface area contributed by atoms with Gasteiger partial charge in [-0.2, -0.15) is 4.98 Å². The van der Waals surface area contributed by atoms with E-state index in [0.29, 0.717) is 38.2 Å². The molecule has 2 aromatic carbocycles. The van der Waals surface area contributed by atoms with Crippen molar-refractivity contribution in [2.45, 2.75) is 19.9 Å². The summed E-state index contributed by atoms with van der Waals surface area (Å²) in [6.45, 7) is 8.23. The summed E-state index contributed by atoms with van der Waals surface area (Å²) in [5.41, 5.74) is 3.37. The van der Waals surface area contributed by atoms with Crippen molar-refractivity contribution in [3.63, 3.8) is 0 Å². The van der Waals surface area contributed by atoms with Gasteiger partial charge < -0.3 is 19.7 Å². The molecule has 0 bridgehead atoms. The van der Waals surface area contributed by atoms with E-state index < -0.39 is 0 Å². The number of halogens is 2. The molecule has 1 N–H and O–H groups in total. The highest BCUT2D eigenvalue weighted by Gasteiger charge is 2.19. The lowest BCUT2D eigenvalue weighted by Gasteiger charge is -2.34. The van der Waals surface area contributed by atoms with Gasteiger partial charge in [-0.3, -0.25) is 4.79 Å². The number of likely N-dealkylation sites (N-methyl/N-ethyl adjacent to an activating group) is 1. The van der Waals surface area contributed by atoms with Gasteiger partial charge in [0.05, 0.1) is 15.4 Å². The fourth-order valence-electron chi connectivity index (χ4n) is 4.47. The summed E-state index contributed by atoms with van der Waals surface area (Å²) >= 11 is 12.8. The van der Waals surface area contributed by atoms with E-state index in [1.54, 1.807) is 30.6 Å². The molecule has 0 aliphatic carbocycles. The van der Waals surface area contributed by atoms with Crippen molar-refractivity contribution in [2.75, 3.05) is 43.4 Å². The van der Waals surface area contributed by atoms with Gasteiger partial charge in [-0.1, -0.05) is 29.3 Å². The first-order chi connectivity index (χ1) is 17.3. The number of hydrogen-bond donors (Lipinski definition) is 1. The van der Waals surface area contributed by atoms with Gasteiger partial charge in [0.1, 0.15) is 5.65 Å². The Labute approximate surface area is 220 Å². The van der Waals surface area contributed by atoms with Crippen LogP contribution in [-0.2, 0) is 0 Å². The number of nitrogens with one attached hydrogen (secondary N) is 1. The summed E-state index contributed by atoms with van der Waals surface area (Å²) in [6.07, 6.45) is 3.35. The zero-order chi connectivity index (χ0) is 25.4. The summed E-state index contributed by atoms with van der Waals surface area (Å²) in [5, 5.41) is 4.54. The third-order valence-corrected chi connectivity index (χ3v) is 7.18. The molecule has 36 heavy (non-hydrogen) atoms. The standard InChI is InChI=1S/C27H28Cl2N6O/c1-17(2)35-16-21(24-22(28)5-4-6-23(24)29)25(36)20-15-30-27(32-26(20)35)31-18-7-9-19(10-8-18)34-13-11-33(3)12-14-34/h4-10,15-17H,11-14H2,1-3H3,(H,30,31,32). The van der Waals surface area contributed by atoms with Crippen LogP contribution in [0.1, 0.15) is 19.9 Å². The van der Waals surface area contributed by atoms with Gasteiger partial charge in [-0.15, -0.1) is 0 Å². The van der Waals surface area contributed by atoms with Crippen LogP contribution in [0, 0.1) is 0 Å². The zero-order valence-corrected chi connectivity index (χ0v) is 22.0. The van der Waals surface area contributed by atoms with Crippen molar-refractivity contribution in [1.82, 2.24) is 19.4 Å². The minimum Gasteiger partial charge on any atom is -0.369 e. The first-order valence-electron chi connectivity index (χ1n) is 12.0. The predicted molar refractivity (Wildman–Crippen MR) is 149 cm³/mol. The second-order valence-electron chi connectivity index (χ2n) is 9.36. The van der Waals surface area contributed by atoms with Gasteiger partial charge in [0, 0.05) is 67.1 Å². The third kappa shape index (κ3) is 4.78. The maximum atomic E-state index is 13.4. The Morgan fingerprint density at radius 3 is 2.28 bits per heavy atom. The Morgan fingerprint density at radius 1 is 0.972 bits per heavy atom. The molecular weight excluding hydrogens is 495 g/mol. The quantitative estimate of drug-likeness (QED) is 0.355. The summed E-state index contributed by atoms with van der Waals surface area (Å²) in [6, 6.07) is 13.5.